The molecule has 3 atom stereocenters. The van der Waals surface area contributed by atoms with Crippen molar-refractivity contribution in [3.63, 3.8) is 0 Å². The minimum Gasteiger partial charge on any atom is -0.474 e. The molecule has 1 fully saturated rings. The molecule has 0 saturated heterocycles. The normalized spacial score (nSPS) is 26.0. The highest BCUT2D eigenvalue weighted by molar-refractivity contribution is 5.82. The van der Waals surface area contributed by atoms with Gasteiger partial charge in [0.25, 0.3) is 0 Å². The van der Waals surface area contributed by atoms with E-state index in [0.717, 1.165) is 47.0 Å². The molecule has 2 aromatic rings. The molecule has 3 nitrogen and oxygen atoms in total. The Morgan fingerprint density at radius 2 is 2.00 bits per heavy atom. The molecule has 0 amide bonds. The van der Waals surface area contributed by atoms with Crippen LogP contribution in [0, 0.1) is 11.8 Å². The van der Waals surface area contributed by atoms with Crippen LogP contribution in [-0.4, -0.2) is 11.1 Å². The van der Waals surface area contributed by atoms with Crippen molar-refractivity contribution in [1.29, 1.82) is 0 Å². The summed E-state index contributed by atoms with van der Waals surface area (Å²) in [5, 5.41) is 1.12. The number of ether oxygens (including phenoxy) is 1. The Labute approximate surface area is 126 Å². The topological polar surface area (TPSA) is 48.1 Å². The molecule has 3 heteroatoms. The minimum absolute atomic E-state index is 0.287. The van der Waals surface area contributed by atoms with E-state index in [0.29, 0.717) is 6.54 Å². The third-order valence-electron chi connectivity index (χ3n) is 4.84. The molecule has 1 heterocycles. The number of para-hydroxylation sites is 1. The van der Waals surface area contributed by atoms with Gasteiger partial charge in [-0.2, -0.15) is 0 Å². The smallest absolute Gasteiger partial charge is 0.214 e. The fourth-order valence-electron chi connectivity index (χ4n) is 3.23. The van der Waals surface area contributed by atoms with Crippen molar-refractivity contribution >= 4 is 10.9 Å². The fraction of sp³-hybridized carbons (Fsp3) is 0.500. The quantitative estimate of drug-likeness (QED) is 0.930. The van der Waals surface area contributed by atoms with Gasteiger partial charge in [0.15, 0.2) is 0 Å². The van der Waals surface area contributed by atoms with Crippen molar-refractivity contribution in [3.8, 4) is 5.88 Å². The van der Waals surface area contributed by atoms with Crippen LogP contribution >= 0.6 is 0 Å². The number of fused-ring (bicyclic) bond motifs is 1. The van der Waals surface area contributed by atoms with E-state index in [1.807, 2.05) is 24.3 Å². The Morgan fingerprint density at radius 1 is 1.19 bits per heavy atom. The molecule has 1 aromatic heterocycles. The summed E-state index contributed by atoms with van der Waals surface area (Å²) in [5.74, 6) is 2.24. The van der Waals surface area contributed by atoms with Crippen LogP contribution in [0.25, 0.3) is 10.9 Å². The van der Waals surface area contributed by atoms with Gasteiger partial charge < -0.3 is 10.5 Å². The highest BCUT2D eigenvalue weighted by atomic mass is 16.5. The zero-order valence-electron chi connectivity index (χ0n) is 12.9. The van der Waals surface area contributed by atoms with Gasteiger partial charge in [0, 0.05) is 18.0 Å². The first-order chi connectivity index (χ1) is 10.2. The number of pyridine rings is 1. The Morgan fingerprint density at radius 3 is 2.76 bits per heavy atom. The third-order valence-corrected chi connectivity index (χ3v) is 4.84. The predicted octanol–water partition coefficient (Wildman–Crippen LogP) is 3.90. The maximum atomic E-state index is 6.16. The zero-order valence-corrected chi connectivity index (χ0v) is 12.9. The largest absolute Gasteiger partial charge is 0.474 e. The van der Waals surface area contributed by atoms with Gasteiger partial charge in [0.1, 0.15) is 6.10 Å². The van der Waals surface area contributed by atoms with Crippen LogP contribution in [0.5, 0.6) is 5.88 Å². The summed E-state index contributed by atoms with van der Waals surface area (Å²) in [6, 6.07) is 10.1. The molecule has 3 rings (SSSR count). The van der Waals surface area contributed by atoms with E-state index in [1.54, 1.807) is 0 Å². The summed E-state index contributed by atoms with van der Waals surface area (Å²) < 4.78 is 6.16. The summed E-state index contributed by atoms with van der Waals surface area (Å²) in [6.45, 7) is 5.17. The first-order valence-corrected chi connectivity index (χ1v) is 7.92. The summed E-state index contributed by atoms with van der Waals surface area (Å²) >= 11 is 0. The monoisotopic (exact) mass is 284 g/mol. The lowest BCUT2D eigenvalue weighted by molar-refractivity contribution is 0.0967. The fourth-order valence-corrected chi connectivity index (χ4v) is 3.23. The van der Waals surface area contributed by atoms with Gasteiger partial charge in [0.05, 0.1) is 5.52 Å². The Bertz CT molecular complexity index is 626. The van der Waals surface area contributed by atoms with Gasteiger partial charge in [0.2, 0.25) is 5.88 Å². The lowest BCUT2D eigenvalue weighted by Gasteiger charge is -2.32. The van der Waals surface area contributed by atoms with E-state index >= 15 is 0 Å². The average molecular weight is 284 g/mol. The molecule has 21 heavy (non-hydrogen) atoms. The minimum atomic E-state index is 0.287. The number of nitrogens with zero attached hydrogens (tertiary/aromatic N) is 1. The summed E-state index contributed by atoms with van der Waals surface area (Å²) in [7, 11) is 0. The summed E-state index contributed by atoms with van der Waals surface area (Å²) in [4.78, 5) is 4.64. The highest BCUT2D eigenvalue weighted by Gasteiger charge is 2.26. The maximum absolute atomic E-state index is 6.16. The van der Waals surface area contributed by atoms with Crippen LogP contribution in [-0.2, 0) is 6.54 Å². The van der Waals surface area contributed by atoms with Gasteiger partial charge in [-0.15, -0.1) is 0 Å². The molecule has 1 aromatic carbocycles. The van der Waals surface area contributed by atoms with Crippen LogP contribution in [0.2, 0.25) is 0 Å². The number of nitrogens with two attached hydrogens (primary N) is 1. The molecule has 0 spiro atoms. The molecule has 1 aliphatic carbocycles. The van der Waals surface area contributed by atoms with E-state index in [2.05, 4.69) is 24.9 Å². The maximum Gasteiger partial charge on any atom is 0.214 e. The van der Waals surface area contributed by atoms with Crippen molar-refractivity contribution in [2.24, 2.45) is 17.6 Å². The van der Waals surface area contributed by atoms with Gasteiger partial charge in [-0.05, 0) is 42.7 Å². The first kappa shape index (κ1) is 14.3. The number of hydrogen-bond donors (Lipinski definition) is 1. The van der Waals surface area contributed by atoms with Crippen molar-refractivity contribution in [2.75, 3.05) is 0 Å². The second kappa shape index (κ2) is 6.02. The zero-order chi connectivity index (χ0) is 14.8. The Kier molecular flexibility index (Phi) is 4.11. The van der Waals surface area contributed by atoms with Gasteiger partial charge in [-0.3, -0.25) is 0 Å². The standard InChI is InChI=1S/C18H24N2O/c1-12-7-8-15(9-13(12)2)21-18-10-14(11-19)16-5-3-4-6-17(16)20-18/h3-6,10,12-13,15H,7-9,11,19H2,1-2H3. The van der Waals surface area contributed by atoms with E-state index in [4.69, 9.17) is 10.5 Å². The van der Waals surface area contributed by atoms with E-state index in [1.165, 1.54) is 6.42 Å². The highest BCUT2D eigenvalue weighted by Crippen LogP contribution is 2.32. The molecule has 2 N–H and O–H groups in total. The van der Waals surface area contributed by atoms with Crippen LogP contribution in [0.1, 0.15) is 38.7 Å². The van der Waals surface area contributed by atoms with Crippen LogP contribution in [0.4, 0.5) is 0 Å². The van der Waals surface area contributed by atoms with E-state index in [-0.39, 0.29) is 6.10 Å². The molecule has 3 unspecified atom stereocenters. The molecular formula is C18H24N2O. The average Bonchev–Trinajstić information content (AvgIpc) is 2.50. The summed E-state index contributed by atoms with van der Waals surface area (Å²) in [5.41, 5.74) is 7.94. The van der Waals surface area contributed by atoms with Crippen molar-refractivity contribution in [3.05, 3.63) is 35.9 Å². The molecule has 0 aliphatic heterocycles. The van der Waals surface area contributed by atoms with Crippen LogP contribution < -0.4 is 10.5 Å². The van der Waals surface area contributed by atoms with Crippen molar-refractivity contribution < 1.29 is 4.74 Å². The number of rotatable bonds is 3. The second-order valence-corrected chi connectivity index (χ2v) is 6.35. The van der Waals surface area contributed by atoms with Crippen LogP contribution in [0.3, 0.4) is 0 Å². The second-order valence-electron chi connectivity index (χ2n) is 6.35. The summed E-state index contributed by atoms with van der Waals surface area (Å²) in [6.07, 6.45) is 3.77. The van der Waals surface area contributed by atoms with Gasteiger partial charge >= 0.3 is 0 Å². The first-order valence-electron chi connectivity index (χ1n) is 7.92. The number of aromatic nitrogens is 1. The molecule has 0 bridgehead atoms. The van der Waals surface area contributed by atoms with Crippen LogP contribution in [0.15, 0.2) is 30.3 Å². The lowest BCUT2D eigenvalue weighted by atomic mass is 9.80. The Balaban J connectivity index is 1.84. The number of benzene rings is 1. The van der Waals surface area contributed by atoms with Gasteiger partial charge in [-0.25, -0.2) is 4.98 Å². The predicted molar refractivity (Wildman–Crippen MR) is 86.2 cm³/mol. The van der Waals surface area contributed by atoms with Crippen molar-refractivity contribution in [2.45, 2.75) is 45.8 Å². The van der Waals surface area contributed by atoms with Crippen molar-refractivity contribution in [1.82, 2.24) is 4.98 Å². The SMILES string of the molecule is CC1CCC(Oc2cc(CN)c3ccccc3n2)CC1C. The van der Waals surface area contributed by atoms with Gasteiger partial charge in [-0.1, -0.05) is 32.0 Å². The third kappa shape index (κ3) is 3.03. The molecule has 0 radical (unpaired) electrons. The lowest BCUT2D eigenvalue weighted by Crippen LogP contribution is -2.29. The molecule has 1 aliphatic rings. The molecule has 1 saturated carbocycles. The Hall–Kier alpha value is -1.61. The molecular weight excluding hydrogens is 260 g/mol. The van der Waals surface area contributed by atoms with E-state index < -0.39 is 0 Å². The number of hydrogen-bond acceptors (Lipinski definition) is 3. The molecule has 112 valence electrons. The van der Waals surface area contributed by atoms with E-state index in [9.17, 15) is 0 Å².